The van der Waals surface area contributed by atoms with Crippen molar-refractivity contribution in [1.82, 2.24) is 4.90 Å². The average molecular weight is 482 g/mol. The van der Waals surface area contributed by atoms with Crippen LogP contribution < -0.4 is 0 Å². The molecule has 0 aromatic rings. The van der Waals surface area contributed by atoms with E-state index in [0.717, 1.165) is 63.1 Å². The van der Waals surface area contributed by atoms with Crippen LogP contribution in [0.3, 0.4) is 0 Å². The van der Waals surface area contributed by atoms with Crippen LogP contribution in [0, 0.1) is 0 Å². The Morgan fingerprint density at radius 1 is 0.970 bits per heavy atom. The van der Waals surface area contributed by atoms with Crippen LogP contribution in [0.25, 0.3) is 0 Å². The van der Waals surface area contributed by atoms with Crippen molar-refractivity contribution in [1.29, 1.82) is 0 Å². The van der Waals surface area contributed by atoms with E-state index in [2.05, 4.69) is 27.7 Å². The third kappa shape index (κ3) is 11.7. The van der Waals surface area contributed by atoms with Crippen molar-refractivity contribution in [2.24, 2.45) is 0 Å². The van der Waals surface area contributed by atoms with Crippen molar-refractivity contribution in [2.45, 2.75) is 135 Å². The molecule has 1 aliphatic rings. The topological polar surface area (TPSA) is 55.8 Å². The molecule has 0 amide bonds. The summed E-state index contributed by atoms with van der Waals surface area (Å²) in [6, 6.07) is 3.28. The molecule has 0 aromatic carbocycles. The van der Waals surface area contributed by atoms with Gasteiger partial charge >= 0.3 is 5.97 Å². The number of rotatable bonds is 10. The minimum absolute atomic E-state index is 0.00942. The lowest BCUT2D eigenvalue weighted by Gasteiger charge is -2.33. The number of hydrogen-bond donors (Lipinski definition) is 0. The Labute approximate surface area is 204 Å². The monoisotopic (exact) mass is 481 g/mol. The van der Waals surface area contributed by atoms with Crippen molar-refractivity contribution in [3.63, 3.8) is 0 Å². The minimum Gasteiger partial charge on any atom is -0.462 e. The third-order valence-electron chi connectivity index (χ3n) is 7.11. The van der Waals surface area contributed by atoms with Crippen molar-refractivity contribution in [2.75, 3.05) is 14.1 Å². The lowest BCUT2D eigenvalue weighted by molar-refractivity contribution is -0.149. The molecule has 33 heavy (non-hydrogen) atoms. The zero-order valence-corrected chi connectivity index (χ0v) is 23.4. The highest BCUT2D eigenvalue weighted by atomic mass is 28.4. The van der Waals surface area contributed by atoms with Gasteiger partial charge in [0, 0.05) is 38.7 Å². The zero-order chi connectivity index (χ0) is 24.7. The molecule has 5 nitrogen and oxygen atoms in total. The van der Waals surface area contributed by atoms with Gasteiger partial charge in [-0.3, -0.25) is 9.59 Å². The number of carbonyl (C=O) groups is 2. The van der Waals surface area contributed by atoms with Crippen LogP contribution in [0.2, 0.25) is 18.1 Å². The molecule has 1 aliphatic heterocycles. The summed E-state index contributed by atoms with van der Waals surface area (Å²) in [6.45, 7) is 8.92. The standard InChI is InChI=1S/C27H51NO4Si/c1-7-11-13-16-24-17-14-12-15-18-25(32-33(8-2,9-3)10-4)21-26(29)23(22-28(5)6)19-20-27(30)31-24/h22,24-25H,7-21H2,1-6H3/b23-22+/t24-,25-/m1/s1. The van der Waals surface area contributed by atoms with E-state index in [1.54, 1.807) is 0 Å². The lowest BCUT2D eigenvalue weighted by Crippen LogP contribution is -2.40. The molecular weight excluding hydrogens is 430 g/mol. The fraction of sp³-hybridized carbons (Fsp3) is 0.852. The first-order valence-electron chi connectivity index (χ1n) is 13.6. The first kappa shape index (κ1) is 29.9. The van der Waals surface area contributed by atoms with Gasteiger partial charge in [-0.15, -0.1) is 0 Å². The van der Waals surface area contributed by atoms with Gasteiger partial charge in [-0.05, 0) is 56.7 Å². The predicted octanol–water partition coefficient (Wildman–Crippen LogP) is 7.02. The second-order valence-corrected chi connectivity index (χ2v) is 14.7. The van der Waals surface area contributed by atoms with E-state index >= 15 is 0 Å². The highest BCUT2D eigenvalue weighted by Crippen LogP contribution is 2.28. The number of carbonyl (C=O) groups excluding carboxylic acids is 2. The molecule has 0 unspecified atom stereocenters. The minimum atomic E-state index is -1.79. The van der Waals surface area contributed by atoms with Crippen LogP contribution in [-0.2, 0) is 18.8 Å². The fourth-order valence-electron chi connectivity index (χ4n) is 4.77. The Hall–Kier alpha value is -1.14. The lowest BCUT2D eigenvalue weighted by atomic mass is 9.97. The van der Waals surface area contributed by atoms with E-state index in [0.29, 0.717) is 18.4 Å². The summed E-state index contributed by atoms with van der Waals surface area (Å²) in [5.41, 5.74) is 0.710. The van der Waals surface area contributed by atoms with Crippen LogP contribution in [0.15, 0.2) is 11.8 Å². The smallest absolute Gasteiger partial charge is 0.306 e. The SMILES string of the molecule is CCCCC[C@@H]1CCCCC[C@@H](O[Si](CC)(CC)CC)CC(=O)/C(=C/N(C)C)CCC(=O)O1. The predicted molar refractivity (Wildman–Crippen MR) is 140 cm³/mol. The molecule has 0 N–H and O–H groups in total. The normalized spacial score (nSPS) is 23.3. The van der Waals surface area contributed by atoms with Gasteiger partial charge in [0.15, 0.2) is 14.1 Å². The average Bonchev–Trinajstić information content (AvgIpc) is 2.79. The van der Waals surface area contributed by atoms with Crippen LogP contribution in [0.1, 0.15) is 105 Å². The Kier molecular flexibility index (Phi) is 14.9. The Bertz CT molecular complexity index is 593. The van der Waals surface area contributed by atoms with Crippen molar-refractivity contribution in [3.8, 4) is 0 Å². The Morgan fingerprint density at radius 3 is 2.24 bits per heavy atom. The second-order valence-electron chi connectivity index (χ2n) is 9.97. The molecular formula is C27H51NO4Si. The molecule has 0 spiro atoms. The van der Waals surface area contributed by atoms with Gasteiger partial charge in [0.1, 0.15) is 6.10 Å². The number of ether oxygens (including phenoxy) is 1. The zero-order valence-electron chi connectivity index (χ0n) is 22.4. The van der Waals surface area contributed by atoms with Crippen LogP contribution >= 0.6 is 0 Å². The summed E-state index contributed by atoms with van der Waals surface area (Å²) in [5.74, 6) is -0.0579. The molecule has 6 heteroatoms. The number of allylic oxidation sites excluding steroid dienone is 1. The van der Waals surface area contributed by atoms with Crippen LogP contribution in [0.4, 0.5) is 0 Å². The van der Waals surface area contributed by atoms with Gasteiger partial charge in [0.05, 0.1) is 6.10 Å². The summed E-state index contributed by atoms with van der Waals surface area (Å²) >= 11 is 0. The van der Waals surface area contributed by atoms with Crippen molar-refractivity contribution >= 4 is 20.1 Å². The summed E-state index contributed by atoms with van der Waals surface area (Å²) < 4.78 is 12.7. The Balaban J connectivity index is 3.02. The summed E-state index contributed by atoms with van der Waals surface area (Å²) in [6.07, 6.45) is 12.5. The molecule has 1 saturated heterocycles. The maximum atomic E-state index is 13.3. The largest absolute Gasteiger partial charge is 0.462 e. The second kappa shape index (κ2) is 16.5. The van der Waals surface area contributed by atoms with Gasteiger partial charge < -0.3 is 14.1 Å². The number of nitrogens with zero attached hydrogens (tertiary/aromatic N) is 1. The first-order valence-corrected chi connectivity index (χ1v) is 16.1. The molecule has 1 heterocycles. The molecule has 1 fully saturated rings. The number of hydrogen-bond acceptors (Lipinski definition) is 5. The van der Waals surface area contributed by atoms with Crippen molar-refractivity contribution < 1.29 is 18.8 Å². The molecule has 2 atom stereocenters. The highest BCUT2D eigenvalue weighted by Gasteiger charge is 2.33. The number of unbranched alkanes of at least 4 members (excludes halogenated alkanes) is 2. The molecule has 1 rings (SSSR count). The number of cyclic esters (lactones) is 1. The summed E-state index contributed by atoms with van der Waals surface area (Å²) in [4.78, 5) is 27.8. The van der Waals surface area contributed by atoms with Gasteiger partial charge in [-0.1, -0.05) is 53.4 Å². The maximum Gasteiger partial charge on any atom is 0.306 e. The summed E-state index contributed by atoms with van der Waals surface area (Å²) in [7, 11) is 2.05. The number of esters is 1. The maximum absolute atomic E-state index is 13.3. The van der Waals surface area contributed by atoms with E-state index < -0.39 is 8.32 Å². The van der Waals surface area contributed by atoms with Gasteiger partial charge in [0.25, 0.3) is 0 Å². The van der Waals surface area contributed by atoms with E-state index in [1.807, 2.05) is 25.2 Å². The highest BCUT2D eigenvalue weighted by molar-refractivity contribution is 6.73. The van der Waals surface area contributed by atoms with E-state index in [9.17, 15) is 9.59 Å². The van der Waals surface area contributed by atoms with E-state index in [4.69, 9.17) is 9.16 Å². The molecule has 0 saturated carbocycles. The summed E-state index contributed by atoms with van der Waals surface area (Å²) in [5, 5.41) is 0. The van der Waals surface area contributed by atoms with Crippen LogP contribution in [-0.4, -0.2) is 51.3 Å². The third-order valence-corrected chi connectivity index (χ3v) is 11.8. The van der Waals surface area contributed by atoms with E-state index in [1.165, 1.54) is 12.8 Å². The van der Waals surface area contributed by atoms with Crippen molar-refractivity contribution in [3.05, 3.63) is 11.8 Å². The molecule has 0 aliphatic carbocycles. The molecule has 0 radical (unpaired) electrons. The Morgan fingerprint density at radius 2 is 1.64 bits per heavy atom. The number of Topliss-reactive ketones (excluding diaryl/α,β-unsaturated/α-hetero) is 1. The van der Waals surface area contributed by atoms with E-state index in [-0.39, 0.29) is 30.4 Å². The molecule has 192 valence electrons. The van der Waals surface area contributed by atoms with Gasteiger partial charge in [-0.2, -0.15) is 0 Å². The van der Waals surface area contributed by atoms with Gasteiger partial charge in [0.2, 0.25) is 0 Å². The molecule has 0 aromatic heterocycles. The fourth-order valence-corrected chi connectivity index (χ4v) is 7.68. The quantitative estimate of drug-likeness (QED) is 0.145. The van der Waals surface area contributed by atoms with Gasteiger partial charge in [-0.25, -0.2) is 0 Å². The van der Waals surface area contributed by atoms with Crippen LogP contribution in [0.5, 0.6) is 0 Å². The molecule has 0 bridgehead atoms. The number of ketones is 1. The first-order chi connectivity index (χ1) is 15.8.